The third-order valence-corrected chi connectivity index (χ3v) is 3.36. The molecular weight excluding hydrogens is 216 g/mol. The van der Waals surface area contributed by atoms with Crippen molar-refractivity contribution in [2.24, 2.45) is 0 Å². The van der Waals surface area contributed by atoms with E-state index in [1.54, 1.807) is 0 Å². The Morgan fingerprint density at radius 2 is 2.18 bits per heavy atom. The van der Waals surface area contributed by atoms with Crippen LogP contribution in [0.2, 0.25) is 0 Å². The van der Waals surface area contributed by atoms with E-state index in [-0.39, 0.29) is 0 Å². The van der Waals surface area contributed by atoms with Gasteiger partial charge in [-0.05, 0) is 49.8 Å². The van der Waals surface area contributed by atoms with Gasteiger partial charge in [-0.2, -0.15) is 0 Å². The highest BCUT2D eigenvalue weighted by Crippen LogP contribution is 2.12. The van der Waals surface area contributed by atoms with E-state index in [1.165, 1.54) is 12.8 Å². The molecule has 0 spiro atoms. The molecule has 1 saturated heterocycles. The summed E-state index contributed by atoms with van der Waals surface area (Å²) in [5, 5.41) is 15.3. The quantitative estimate of drug-likeness (QED) is 0.798. The Balaban J connectivity index is 1.92. The fraction of sp³-hybridized carbons (Fsp3) is 0.909. The maximum Gasteiger partial charge on any atom is 0.165 e. The van der Waals surface area contributed by atoms with Gasteiger partial charge in [0.25, 0.3) is 0 Å². The Hall–Kier alpha value is -1.01. The van der Waals surface area contributed by atoms with Crippen LogP contribution in [0.1, 0.15) is 32.0 Å². The molecule has 96 valence electrons. The molecule has 0 aliphatic carbocycles. The highest BCUT2D eigenvalue weighted by Gasteiger charge is 2.19. The summed E-state index contributed by atoms with van der Waals surface area (Å²) in [4.78, 5) is 2.37. The van der Waals surface area contributed by atoms with Crippen LogP contribution < -0.4 is 5.32 Å². The van der Waals surface area contributed by atoms with Crippen molar-refractivity contribution < 1.29 is 0 Å². The molecular formula is C11H22N6. The highest BCUT2D eigenvalue weighted by atomic mass is 15.5. The normalized spacial score (nSPS) is 17.8. The largest absolute Gasteiger partial charge is 0.317 e. The van der Waals surface area contributed by atoms with Gasteiger partial charge in [-0.1, -0.05) is 6.92 Å². The molecule has 0 saturated carbocycles. The van der Waals surface area contributed by atoms with Gasteiger partial charge >= 0.3 is 0 Å². The average molecular weight is 238 g/mol. The number of hydrogen-bond acceptors (Lipinski definition) is 5. The van der Waals surface area contributed by atoms with Crippen molar-refractivity contribution in [1.29, 1.82) is 0 Å². The lowest BCUT2D eigenvalue weighted by Gasteiger charge is -2.31. The van der Waals surface area contributed by atoms with E-state index < -0.39 is 0 Å². The zero-order valence-electron chi connectivity index (χ0n) is 10.8. The number of aryl methyl sites for hydroxylation is 1. The lowest BCUT2D eigenvalue weighted by molar-refractivity contribution is 0.185. The molecule has 0 bridgehead atoms. The van der Waals surface area contributed by atoms with E-state index >= 15 is 0 Å². The summed E-state index contributed by atoms with van der Waals surface area (Å²) in [5.41, 5.74) is 0. The molecule has 0 aromatic carbocycles. The Morgan fingerprint density at radius 3 is 2.88 bits per heavy atom. The van der Waals surface area contributed by atoms with E-state index in [0.717, 1.165) is 38.4 Å². The van der Waals surface area contributed by atoms with Gasteiger partial charge in [-0.3, -0.25) is 4.90 Å². The van der Waals surface area contributed by atoms with Gasteiger partial charge in [0, 0.05) is 12.6 Å². The summed E-state index contributed by atoms with van der Waals surface area (Å²) in [6.45, 7) is 6.13. The summed E-state index contributed by atoms with van der Waals surface area (Å²) in [5.74, 6) is 0.980. The molecule has 0 radical (unpaired) electrons. The first-order chi connectivity index (χ1) is 8.31. The second kappa shape index (κ2) is 6.07. The molecule has 0 unspecified atom stereocenters. The van der Waals surface area contributed by atoms with Crippen LogP contribution in [0.4, 0.5) is 0 Å². The SMILES string of the molecule is CCCn1nnnc1CN(C)C1CCNCC1. The number of hydrogen-bond donors (Lipinski definition) is 1. The third kappa shape index (κ3) is 3.23. The molecule has 17 heavy (non-hydrogen) atoms. The van der Waals surface area contributed by atoms with Crippen LogP contribution >= 0.6 is 0 Å². The molecule has 0 amide bonds. The topological polar surface area (TPSA) is 58.9 Å². The molecule has 1 aromatic heterocycles. The van der Waals surface area contributed by atoms with Crippen LogP contribution in [-0.4, -0.2) is 51.3 Å². The molecule has 1 N–H and O–H groups in total. The highest BCUT2D eigenvalue weighted by molar-refractivity contribution is 4.84. The first-order valence-electron chi connectivity index (χ1n) is 6.47. The van der Waals surface area contributed by atoms with Crippen molar-refractivity contribution in [3.05, 3.63) is 5.82 Å². The van der Waals surface area contributed by atoms with E-state index in [0.29, 0.717) is 6.04 Å². The molecule has 1 aliphatic heterocycles. The van der Waals surface area contributed by atoms with Crippen molar-refractivity contribution in [1.82, 2.24) is 30.4 Å². The molecule has 1 aromatic rings. The first kappa shape index (κ1) is 12.4. The Bertz CT molecular complexity index is 330. The van der Waals surface area contributed by atoms with Crippen LogP contribution in [0, 0.1) is 0 Å². The van der Waals surface area contributed by atoms with Gasteiger partial charge in [0.2, 0.25) is 0 Å². The van der Waals surface area contributed by atoms with Crippen LogP contribution in [-0.2, 0) is 13.1 Å². The predicted molar refractivity (Wildman–Crippen MR) is 65.5 cm³/mol. The maximum atomic E-state index is 4.11. The van der Waals surface area contributed by atoms with E-state index in [9.17, 15) is 0 Å². The molecule has 6 heteroatoms. The zero-order valence-corrected chi connectivity index (χ0v) is 10.8. The lowest BCUT2D eigenvalue weighted by Crippen LogP contribution is -2.41. The second-order valence-electron chi connectivity index (χ2n) is 4.71. The van der Waals surface area contributed by atoms with Crippen molar-refractivity contribution >= 4 is 0 Å². The van der Waals surface area contributed by atoms with Gasteiger partial charge in [-0.25, -0.2) is 4.68 Å². The van der Waals surface area contributed by atoms with Gasteiger partial charge in [0.05, 0.1) is 6.54 Å². The van der Waals surface area contributed by atoms with Crippen LogP contribution in [0.25, 0.3) is 0 Å². The average Bonchev–Trinajstić information content (AvgIpc) is 2.78. The minimum absolute atomic E-state index is 0.656. The van der Waals surface area contributed by atoms with Crippen LogP contribution in [0.15, 0.2) is 0 Å². The van der Waals surface area contributed by atoms with E-state index in [2.05, 4.69) is 39.7 Å². The Labute approximate surface area is 102 Å². The number of aromatic nitrogens is 4. The molecule has 0 atom stereocenters. The summed E-state index contributed by atoms with van der Waals surface area (Å²) in [6.07, 6.45) is 3.49. The van der Waals surface area contributed by atoms with Crippen LogP contribution in [0.5, 0.6) is 0 Å². The Kier molecular flexibility index (Phi) is 4.44. The number of nitrogens with one attached hydrogen (secondary N) is 1. The predicted octanol–water partition coefficient (Wildman–Crippen LogP) is 0.267. The standard InChI is InChI=1S/C11H22N6/c1-3-8-17-11(13-14-15-17)9-16(2)10-4-6-12-7-5-10/h10,12H,3-9H2,1-2H3. The minimum atomic E-state index is 0.656. The molecule has 6 nitrogen and oxygen atoms in total. The van der Waals surface area contributed by atoms with Crippen LogP contribution in [0.3, 0.4) is 0 Å². The monoisotopic (exact) mass is 238 g/mol. The third-order valence-electron chi connectivity index (χ3n) is 3.36. The Morgan fingerprint density at radius 1 is 1.41 bits per heavy atom. The summed E-state index contributed by atoms with van der Waals surface area (Å²) < 4.78 is 1.91. The number of piperidine rings is 1. The zero-order chi connectivity index (χ0) is 12.1. The summed E-state index contributed by atoms with van der Waals surface area (Å²) >= 11 is 0. The summed E-state index contributed by atoms with van der Waals surface area (Å²) in [6, 6.07) is 0.656. The number of tetrazole rings is 1. The molecule has 1 aliphatic rings. The van der Waals surface area contributed by atoms with Gasteiger partial charge in [-0.15, -0.1) is 5.10 Å². The van der Waals surface area contributed by atoms with Crippen molar-refractivity contribution in [2.75, 3.05) is 20.1 Å². The van der Waals surface area contributed by atoms with Gasteiger partial charge in [0.1, 0.15) is 0 Å². The molecule has 2 rings (SSSR count). The molecule has 1 fully saturated rings. The minimum Gasteiger partial charge on any atom is -0.317 e. The van der Waals surface area contributed by atoms with Gasteiger partial charge in [0.15, 0.2) is 5.82 Å². The van der Waals surface area contributed by atoms with Gasteiger partial charge < -0.3 is 5.32 Å². The fourth-order valence-electron chi connectivity index (χ4n) is 2.32. The fourth-order valence-corrected chi connectivity index (χ4v) is 2.32. The van der Waals surface area contributed by atoms with Crippen molar-refractivity contribution in [3.8, 4) is 0 Å². The smallest absolute Gasteiger partial charge is 0.165 e. The lowest BCUT2D eigenvalue weighted by atomic mass is 10.1. The number of nitrogens with zero attached hydrogens (tertiary/aromatic N) is 5. The van der Waals surface area contributed by atoms with E-state index in [4.69, 9.17) is 0 Å². The number of rotatable bonds is 5. The second-order valence-corrected chi connectivity index (χ2v) is 4.71. The first-order valence-corrected chi connectivity index (χ1v) is 6.47. The summed E-state index contributed by atoms with van der Waals surface area (Å²) in [7, 11) is 2.17. The van der Waals surface area contributed by atoms with Crippen molar-refractivity contribution in [3.63, 3.8) is 0 Å². The van der Waals surface area contributed by atoms with Crippen molar-refractivity contribution in [2.45, 2.75) is 45.3 Å². The maximum absolute atomic E-state index is 4.11. The van der Waals surface area contributed by atoms with E-state index in [1.807, 2.05) is 4.68 Å². The molecule has 2 heterocycles.